The standard InChI is InChI=1S/C24H25FN4O2/c1-16(18-3-2-4-19(13-18)17-9-11-26-12-10-17)24(30)29-22-7-6-21(15-27-22)31-23-8-5-20(25)14-28-23/h5-12,14-16,18-19H,2-4,13H2,1H3,(H,27,29,30)/t16-,18+,19-/m1/s1. The van der Waals surface area contributed by atoms with E-state index in [1.54, 1.807) is 12.1 Å². The zero-order valence-electron chi connectivity index (χ0n) is 17.4. The minimum absolute atomic E-state index is 0.0262. The Hall–Kier alpha value is -3.35. The van der Waals surface area contributed by atoms with Gasteiger partial charge < -0.3 is 10.1 Å². The van der Waals surface area contributed by atoms with E-state index in [1.165, 1.54) is 23.9 Å². The molecule has 3 atom stereocenters. The molecule has 0 aliphatic heterocycles. The number of nitrogens with one attached hydrogen (secondary N) is 1. The normalized spacial score (nSPS) is 19.4. The first kappa shape index (κ1) is 20.9. The first-order valence-corrected chi connectivity index (χ1v) is 10.5. The van der Waals surface area contributed by atoms with Crippen molar-refractivity contribution in [1.29, 1.82) is 0 Å². The van der Waals surface area contributed by atoms with Crippen molar-refractivity contribution >= 4 is 11.7 Å². The molecule has 6 nitrogen and oxygen atoms in total. The van der Waals surface area contributed by atoms with Gasteiger partial charge in [-0.2, -0.15) is 0 Å². The molecule has 3 aromatic rings. The summed E-state index contributed by atoms with van der Waals surface area (Å²) in [6.07, 6.45) is 10.6. The molecule has 0 aromatic carbocycles. The fourth-order valence-corrected chi connectivity index (χ4v) is 4.13. The highest BCUT2D eigenvalue weighted by Gasteiger charge is 2.30. The number of anilines is 1. The van der Waals surface area contributed by atoms with E-state index in [4.69, 9.17) is 4.74 Å². The Morgan fingerprint density at radius 2 is 1.94 bits per heavy atom. The molecule has 1 amide bonds. The van der Waals surface area contributed by atoms with Gasteiger partial charge in [-0.3, -0.25) is 9.78 Å². The molecule has 3 heterocycles. The van der Waals surface area contributed by atoms with Crippen molar-refractivity contribution in [3.63, 3.8) is 0 Å². The lowest BCUT2D eigenvalue weighted by Crippen LogP contribution is -2.30. The smallest absolute Gasteiger partial charge is 0.228 e. The fraction of sp³-hybridized carbons (Fsp3) is 0.333. The van der Waals surface area contributed by atoms with E-state index in [-0.39, 0.29) is 17.7 Å². The van der Waals surface area contributed by atoms with Gasteiger partial charge in [0, 0.05) is 24.4 Å². The van der Waals surface area contributed by atoms with Gasteiger partial charge in [0.05, 0.1) is 12.4 Å². The lowest BCUT2D eigenvalue weighted by atomic mass is 9.73. The summed E-state index contributed by atoms with van der Waals surface area (Å²) in [6.45, 7) is 1.99. The van der Waals surface area contributed by atoms with Gasteiger partial charge in [-0.05, 0) is 67.0 Å². The maximum Gasteiger partial charge on any atom is 0.228 e. The highest BCUT2D eigenvalue weighted by Crippen LogP contribution is 2.39. The summed E-state index contributed by atoms with van der Waals surface area (Å²) >= 11 is 0. The Bertz CT molecular complexity index is 996. The Kier molecular flexibility index (Phi) is 6.50. The molecule has 1 saturated carbocycles. The summed E-state index contributed by atoms with van der Waals surface area (Å²) in [5, 5.41) is 2.91. The van der Waals surface area contributed by atoms with E-state index in [9.17, 15) is 9.18 Å². The molecule has 0 spiro atoms. The van der Waals surface area contributed by atoms with Crippen LogP contribution in [0.5, 0.6) is 11.6 Å². The molecular weight excluding hydrogens is 395 g/mol. The van der Waals surface area contributed by atoms with Crippen LogP contribution in [0.25, 0.3) is 0 Å². The van der Waals surface area contributed by atoms with E-state index in [2.05, 4.69) is 32.4 Å². The van der Waals surface area contributed by atoms with Crippen LogP contribution in [0.3, 0.4) is 0 Å². The predicted molar refractivity (Wildman–Crippen MR) is 115 cm³/mol. The molecule has 4 rings (SSSR count). The molecule has 0 saturated heterocycles. The number of carbonyl (C=O) groups excluding carboxylic acids is 1. The average molecular weight is 420 g/mol. The molecule has 160 valence electrons. The third-order valence-corrected chi connectivity index (χ3v) is 5.92. The summed E-state index contributed by atoms with van der Waals surface area (Å²) in [6, 6.07) is 10.2. The first-order chi connectivity index (χ1) is 15.1. The van der Waals surface area contributed by atoms with E-state index in [1.807, 2.05) is 19.3 Å². The topological polar surface area (TPSA) is 77.0 Å². The maximum absolute atomic E-state index is 12.9. The largest absolute Gasteiger partial charge is 0.437 e. The number of carbonyl (C=O) groups is 1. The Labute approximate surface area is 180 Å². The second kappa shape index (κ2) is 9.64. The number of nitrogens with zero attached hydrogens (tertiary/aromatic N) is 3. The third-order valence-electron chi connectivity index (χ3n) is 5.92. The lowest BCUT2D eigenvalue weighted by molar-refractivity contribution is -0.121. The molecule has 0 bridgehead atoms. The van der Waals surface area contributed by atoms with Crippen LogP contribution in [0.1, 0.15) is 44.1 Å². The number of hydrogen-bond acceptors (Lipinski definition) is 5. The quantitative estimate of drug-likeness (QED) is 0.582. The molecule has 1 aliphatic rings. The van der Waals surface area contributed by atoms with Gasteiger partial charge in [-0.1, -0.05) is 13.3 Å². The van der Waals surface area contributed by atoms with E-state index in [0.717, 1.165) is 31.9 Å². The zero-order chi connectivity index (χ0) is 21.6. The van der Waals surface area contributed by atoms with E-state index < -0.39 is 5.82 Å². The van der Waals surface area contributed by atoms with Crippen LogP contribution in [0.2, 0.25) is 0 Å². The Morgan fingerprint density at radius 1 is 1.10 bits per heavy atom. The highest BCUT2D eigenvalue weighted by atomic mass is 19.1. The zero-order valence-corrected chi connectivity index (χ0v) is 17.4. The summed E-state index contributed by atoms with van der Waals surface area (Å²) in [5.41, 5.74) is 1.31. The Morgan fingerprint density at radius 3 is 2.65 bits per heavy atom. The van der Waals surface area contributed by atoms with Crippen LogP contribution in [0.15, 0.2) is 61.2 Å². The lowest BCUT2D eigenvalue weighted by Gasteiger charge is -2.32. The van der Waals surface area contributed by atoms with Crippen LogP contribution in [-0.4, -0.2) is 20.9 Å². The van der Waals surface area contributed by atoms with Crippen molar-refractivity contribution in [2.24, 2.45) is 11.8 Å². The van der Waals surface area contributed by atoms with Crippen molar-refractivity contribution in [2.75, 3.05) is 5.32 Å². The maximum atomic E-state index is 12.9. The SMILES string of the molecule is C[C@@H](C(=O)Nc1ccc(Oc2ccc(F)cn2)cn1)[C@H]1CCC[C@@H](c2ccncc2)C1. The number of hydrogen-bond donors (Lipinski definition) is 1. The number of halogens is 1. The molecule has 7 heteroatoms. The van der Waals surface area contributed by atoms with Crippen molar-refractivity contribution in [1.82, 2.24) is 15.0 Å². The average Bonchev–Trinajstić information content (AvgIpc) is 2.82. The van der Waals surface area contributed by atoms with Crippen LogP contribution < -0.4 is 10.1 Å². The number of pyridine rings is 3. The second-order valence-corrected chi connectivity index (χ2v) is 7.98. The first-order valence-electron chi connectivity index (χ1n) is 10.5. The Balaban J connectivity index is 1.33. The van der Waals surface area contributed by atoms with Crippen LogP contribution in [0, 0.1) is 17.7 Å². The van der Waals surface area contributed by atoms with Gasteiger partial charge in [0.1, 0.15) is 17.4 Å². The summed E-state index contributed by atoms with van der Waals surface area (Å²) in [4.78, 5) is 25.0. The van der Waals surface area contributed by atoms with Gasteiger partial charge in [0.25, 0.3) is 0 Å². The number of amides is 1. The van der Waals surface area contributed by atoms with Crippen molar-refractivity contribution in [3.05, 3.63) is 72.6 Å². The van der Waals surface area contributed by atoms with Crippen molar-refractivity contribution < 1.29 is 13.9 Å². The number of aromatic nitrogens is 3. The minimum Gasteiger partial charge on any atom is -0.437 e. The molecule has 1 fully saturated rings. The third kappa shape index (κ3) is 5.42. The van der Waals surface area contributed by atoms with Gasteiger partial charge in [0.15, 0.2) is 0 Å². The number of ether oxygens (including phenoxy) is 1. The van der Waals surface area contributed by atoms with Crippen LogP contribution in [0.4, 0.5) is 10.2 Å². The minimum atomic E-state index is -0.428. The fourth-order valence-electron chi connectivity index (χ4n) is 4.13. The molecule has 1 N–H and O–H groups in total. The van der Waals surface area contributed by atoms with Gasteiger partial charge in [0.2, 0.25) is 11.8 Å². The molecule has 31 heavy (non-hydrogen) atoms. The van der Waals surface area contributed by atoms with Crippen LogP contribution in [-0.2, 0) is 4.79 Å². The molecule has 0 radical (unpaired) electrons. The van der Waals surface area contributed by atoms with Crippen molar-refractivity contribution in [3.8, 4) is 11.6 Å². The predicted octanol–water partition coefficient (Wildman–Crippen LogP) is 5.35. The molecule has 0 unspecified atom stereocenters. The summed E-state index contributed by atoms with van der Waals surface area (Å²) in [5.74, 6) is 1.45. The molecular formula is C24H25FN4O2. The number of rotatable bonds is 6. The van der Waals surface area contributed by atoms with Gasteiger partial charge in [-0.25, -0.2) is 14.4 Å². The molecule has 1 aliphatic carbocycles. The van der Waals surface area contributed by atoms with Crippen LogP contribution >= 0.6 is 0 Å². The van der Waals surface area contributed by atoms with E-state index >= 15 is 0 Å². The highest BCUT2D eigenvalue weighted by molar-refractivity contribution is 5.91. The second-order valence-electron chi connectivity index (χ2n) is 7.98. The van der Waals surface area contributed by atoms with E-state index in [0.29, 0.717) is 23.4 Å². The monoisotopic (exact) mass is 420 g/mol. The van der Waals surface area contributed by atoms with Crippen molar-refractivity contribution in [2.45, 2.75) is 38.5 Å². The molecule has 3 aromatic heterocycles. The van der Waals surface area contributed by atoms with Gasteiger partial charge in [-0.15, -0.1) is 0 Å². The summed E-state index contributed by atoms with van der Waals surface area (Å²) in [7, 11) is 0. The summed E-state index contributed by atoms with van der Waals surface area (Å²) < 4.78 is 18.5. The van der Waals surface area contributed by atoms with Gasteiger partial charge >= 0.3 is 0 Å².